The summed E-state index contributed by atoms with van der Waals surface area (Å²) in [7, 11) is 0. The first-order chi connectivity index (χ1) is 7.88. The lowest BCUT2D eigenvalue weighted by Gasteiger charge is -2.19. The summed E-state index contributed by atoms with van der Waals surface area (Å²) < 4.78 is 10.9. The van der Waals surface area contributed by atoms with Gasteiger partial charge in [-0.3, -0.25) is 0 Å². The van der Waals surface area contributed by atoms with E-state index in [0.29, 0.717) is 6.54 Å². The molecule has 1 aromatic heterocycles. The molecule has 0 fully saturated rings. The van der Waals surface area contributed by atoms with Crippen LogP contribution in [0.2, 0.25) is 0 Å². The standard InChI is InChI=1S/C12H18N2O2/c1-2-10-8-14-12(16-10)9-13-7-11-5-3-4-6-15-11/h4,6,8,11,13H,2-3,5,7,9H2,1H3. The Morgan fingerprint density at radius 2 is 2.50 bits per heavy atom. The highest BCUT2D eigenvalue weighted by Gasteiger charge is 2.10. The first-order valence-electron chi connectivity index (χ1n) is 5.83. The van der Waals surface area contributed by atoms with Crippen molar-refractivity contribution in [1.82, 2.24) is 10.3 Å². The van der Waals surface area contributed by atoms with Crippen molar-refractivity contribution in [1.29, 1.82) is 0 Å². The molecule has 0 spiro atoms. The van der Waals surface area contributed by atoms with Crippen molar-refractivity contribution in [3.63, 3.8) is 0 Å². The van der Waals surface area contributed by atoms with Crippen molar-refractivity contribution in [2.24, 2.45) is 0 Å². The van der Waals surface area contributed by atoms with Crippen LogP contribution in [0.3, 0.4) is 0 Å². The van der Waals surface area contributed by atoms with Crippen LogP contribution in [0, 0.1) is 0 Å². The third kappa shape index (κ3) is 3.10. The highest BCUT2D eigenvalue weighted by molar-refractivity contribution is 4.93. The van der Waals surface area contributed by atoms with Crippen molar-refractivity contribution >= 4 is 0 Å². The van der Waals surface area contributed by atoms with Crippen LogP contribution < -0.4 is 5.32 Å². The van der Waals surface area contributed by atoms with E-state index in [1.165, 1.54) is 0 Å². The molecule has 0 radical (unpaired) electrons. The molecule has 0 saturated carbocycles. The van der Waals surface area contributed by atoms with E-state index in [4.69, 9.17) is 9.15 Å². The first-order valence-corrected chi connectivity index (χ1v) is 5.83. The second-order valence-corrected chi connectivity index (χ2v) is 3.91. The summed E-state index contributed by atoms with van der Waals surface area (Å²) in [5.41, 5.74) is 0. The number of nitrogens with one attached hydrogen (secondary N) is 1. The van der Waals surface area contributed by atoms with E-state index in [2.05, 4.69) is 23.3 Å². The van der Waals surface area contributed by atoms with Gasteiger partial charge in [-0.05, 0) is 18.9 Å². The van der Waals surface area contributed by atoms with Gasteiger partial charge in [-0.1, -0.05) is 6.92 Å². The van der Waals surface area contributed by atoms with E-state index in [9.17, 15) is 0 Å². The molecule has 88 valence electrons. The summed E-state index contributed by atoms with van der Waals surface area (Å²) in [5, 5.41) is 3.29. The van der Waals surface area contributed by atoms with Gasteiger partial charge in [0, 0.05) is 13.0 Å². The maximum Gasteiger partial charge on any atom is 0.208 e. The number of nitrogens with zero attached hydrogens (tertiary/aromatic N) is 1. The molecule has 0 saturated heterocycles. The average molecular weight is 222 g/mol. The fourth-order valence-corrected chi connectivity index (χ4v) is 1.67. The summed E-state index contributed by atoms with van der Waals surface area (Å²) in [4.78, 5) is 4.19. The number of aromatic nitrogens is 1. The van der Waals surface area contributed by atoms with Crippen LogP contribution in [0.15, 0.2) is 23.0 Å². The molecular weight excluding hydrogens is 204 g/mol. The van der Waals surface area contributed by atoms with Crippen LogP contribution in [-0.4, -0.2) is 17.6 Å². The zero-order valence-electron chi connectivity index (χ0n) is 9.61. The van der Waals surface area contributed by atoms with Gasteiger partial charge in [0.15, 0.2) is 0 Å². The molecule has 16 heavy (non-hydrogen) atoms. The van der Waals surface area contributed by atoms with Crippen molar-refractivity contribution < 1.29 is 9.15 Å². The van der Waals surface area contributed by atoms with Gasteiger partial charge in [0.25, 0.3) is 0 Å². The van der Waals surface area contributed by atoms with Gasteiger partial charge < -0.3 is 14.5 Å². The summed E-state index contributed by atoms with van der Waals surface area (Å²) >= 11 is 0. The second kappa shape index (κ2) is 5.70. The highest BCUT2D eigenvalue weighted by Crippen LogP contribution is 2.09. The second-order valence-electron chi connectivity index (χ2n) is 3.91. The summed E-state index contributed by atoms with van der Waals surface area (Å²) in [5.74, 6) is 1.69. The third-order valence-corrected chi connectivity index (χ3v) is 2.62. The molecule has 0 amide bonds. The van der Waals surface area contributed by atoms with E-state index in [1.54, 1.807) is 12.5 Å². The predicted octanol–water partition coefficient (Wildman–Crippen LogP) is 2.02. The molecule has 2 heterocycles. The number of aryl methyl sites for hydroxylation is 1. The molecule has 0 aromatic carbocycles. The van der Waals surface area contributed by atoms with E-state index in [1.807, 2.05) is 0 Å². The van der Waals surface area contributed by atoms with Gasteiger partial charge in [-0.25, -0.2) is 4.98 Å². The van der Waals surface area contributed by atoms with Crippen molar-refractivity contribution in [3.8, 4) is 0 Å². The number of rotatable bonds is 5. The Balaban J connectivity index is 1.69. The quantitative estimate of drug-likeness (QED) is 0.828. The van der Waals surface area contributed by atoms with Gasteiger partial charge >= 0.3 is 0 Å². The monoisotopic (exact) mass is 222 g/mol. The predicted molar refractivity (Wildman–Crippen MR) is 60.8 cm³/mol. The maximum absolute atomic E-state index is 5.49. The number of oxazole rings is 1. The molecule has 0 aliphatic carbocycles. The zero-order chi connectivity index (χ0) is 11.2. The Morgan fingerprint density at radius 3 is 3.19 bits per heavy atom. The van der Waals surface area contributed by atoms with Gasteiger partial charge in [0.1, 0.15) is 11.9 Å². The molecule has 1 atom stereocenters. The minimum absolute atomic E-state index is 0.283. The Labute approximate surface area is 95.7 Å². The van der Waals surface area contributed by atoms with E-state index < -0.39 is 0 Å². The molecule has 4 nitrogen and oxygen atoms in total. The largest absolute Gasteiger partial charge is 0.497 e. The van der Waals surface area contributed by atoms with Crippen molar-refractivity contribution in [2.45, 2.75) is 38.8 Å². The Morgan fingerprint density at radius 1 is 1.56 bits per heavy atom. The maximum atomic E-state index is 5.49. The highest BCUT2D eigenvalue weighted by atomic mass is 16.5. The Hall–Kier alpha value is -1.29. The number of ether oxygens (including phenoxy) is 1. The Kier molecular flexibility index (Phi) is 3.99. The normalized spacial score (nSPS) is 19.7. The van der Waals surface area contributed by atoms with E-state index >= 15 is 0 Å². The molecule has 1 N–H and O–H groups in total. The average Bonchev–Trinajstić information content (AvgIpc) is 2.78. The van der Waals surface area contributed by atoms with Gasteiger partial charge in [-0.2, -0.15) is 0 Å². The van der Waals surface area contributed by atoms with Crippen molar-refractivity contribution in [2.75, 3.05) is 6.54 Å². The van der Waals surface area contributed by atoms with Crippen LogP contribution in [0.4, 0.5) is 0 Å². The minimum atomic E-state index is 0.283. The minimum Gasteiger partial charge on any atom is -0.497 e. The number of allylic oxidation sites excluding steroid dienone is 1. The molecule has 1 aliphatic rings. The fraction of sp³-hybridized carbons (Fsp3) is 0.583. The molecular formula is C12H18N2O2. The molecule has 1 aromatic rings. The number of hydrogen-bond donors (Lipinski definition) is 1. The zero-order valence-corrected chi connectivity index (χ0v) is 9.61. The molecule has 1 aliphatic heterocycles. The smallest absolute Gasteiger partial charge is 0.208 e. The molecule has 2 rings (SSSR count). The van der Waals surface area contributed by atoms with Gasteiger partial charge in [0.2, 0.25) is 5.89 Å². The van der Waals surface area contributed by atoms with Crippen LogP contribution in [-0.2, 0) is 17.7 Å². The summed E-state index contributed by atoms with van der Waals surface area (Å²) in [6.07, 6.45) is 8.99. The lowest BCUT2D eigenvalue weighted by Crippen LogP contribution is -2.28. The van der Waals surface area contributed by atoms with E-state index in [-0.39, 0.29) is 6.10 Å². The Bertz CT molecular complexity index is 347. The molecule has 4 heteroatoms. The lowest BCUT2D eigenvalue weighted by atomic mass is 10.1. The van der Waals surface area contributed by atoms with Gasteiger partial charge in [-0.15, -0.1) is 0 Å². The first kappa shape index (κ1) is 11.2. The topological polar surface area (TPSA) is 47.3 Å². The summed E-state index contributed by atoms with van der Waals surface area (Å²) in [6.45, 7) is 3.57. The number of hydrogen-bond acceptors (Lipinski definition) is 4. The van der Waals surface area contributed by atoms with Crippen molar-refractivity contribution in [3.05, 3.63) is 30.2 Å². The SMILES string of the molecule is CCc1cnc(CNCC2CCC=CO2)o1. The third-order valence-electron chi connectivity index (χ3n) is 2.62. The van der Waals surface area contributed by atoms with Crippen LogP contribution in [0.25, 0.3) is 0 Å². The van der Waals surface area contributed by atoms with E-state index in [0.717, 1.165) is 37.5 Å². The molecule has 1 unspecified atom stereocenters. The molecule has 0 bridgehead atoms. The summed E-state index contributed by atoms with van der Waals surface area (Å²) in [6, 6.07) is 0. The van der Waals surface area contributed by atoms with Crippen LogP contribution in [0.1, 0.15) is 31.4 Å². The lowest BCUT2D eigenvalue weighted by molar-refractivity contribution is 0.121. The van der Waals surface area contributed by atoms with Crippen LogP contribution in [0.5, 0.6) is 0 Å². The fourth-order valence-electron chi connectivity index (χ4n) is 1.67. The van der Waals surface area contributed by atoms with Crippen LogP contribution >= 0.6 is 0 Å². The van der Waals surface area contributed by atoms with Gasteiger partial charge in [0.05, 0.1) is 19.0 Å².